The first-order valence-electron chi connectivity index (χ1n) is 6.84. The maximum absolute atomic E-state index is 13.6. The van der Waals surface area contributed by atoms with E-state index in [-0.39, 0.29) is 23.1 Å². The van der Waals surface area contributed by atoms with E-state index in [1.54, 1.807) is 12.1 Å². The third-order valence-electron chi connectivity index (χ3n) is 3.60. The summed E-state index contributed by atoms with van der Waals surface area (Å²) in [5.41, 5.74) is 5.97. The minimum Gasteiger partial charge on any atom is -0.409 e. The lowest BCUT2D eigenvalue weighted by atomic mass is 9.86. The van der Waals surface area contributed by atoms with Gasteiger partial charge in [-0.3, -0.25) is 0 Å². The molecule has 0 radical (unpaired) electrons. The molecule has 0 aliphatic carbocycles. The lowest BCUT2D eigenvalue weighted by molar-refractivity contribution is 0.304. The fourth-order valence-corrected chi connectivity index (χ4v) is 2.05. The Morgan fingerprint density at radius 1 is 1.45 bits per heavy atom. The first-order valence-corrected chi connectivity index (χ1v) is 6.84. The van der Waals surface area contributed by atoms with Gasteiger partial charge in [-0.05, 0) is 32.4 Å². The molecule has 0 aromatic heterocycles. The van der Waals surface area contributed by atoms with Gasteiger partial charge in [0.25, 0.3) is 0 Å². The van der Waals surface area contributed by atoms with Crippen LogP contribution in [0.15, 0.2) is 29.4 Å². The molecule has 0 aliphatic heterocycles. The molecule has 4 N–H and O–H groups in total. The Hall–Kier alpha value is -1.62. The van der Waals surface area contributed by atoms with Gasteiger partial charge < -0.3 is 16.3 Å². The van der Waals surface area contributed by atoms with Gasteiger partial charge in [0, 0.05) is 17.0 Å². The van der Waals surface area contributed by atoms with Crippen LogP contribution in [0.4, 0.5) is 4.39 Å². The predicted molar refractivity (Wildman–Crippen MR) is 79.2 cm³/mol. The molecule has 0 fully saturated rings. The van der Waals surface area contributed by atoms with Crippen molar-refractivity contribution in [3.63, 3.8) is 0 Å². The van der Waals surface area contributed by atoms with Gasteiger partial charge in [-0.25, -0.2) is 4.39 Å². The van der Waals surface area contributed by atoms with Crippen molar-refractivity contribution in [2.45, 2.75) is 39.7 Å². The number of nitrogens with zero attached hydrogens (tertiary/aromatic N) is 1. The van der Waals surface area contributed by atoms with E-state index in [1.807, 2.05) is 26.8 Å². The topological polar surface area (TPSA) is 70.6 Å². The molecule has 0 spiro atoms. The molecule has 5 heteroatoms. The lowest BCUT2D eigenvalue weighted by Gasteiger charge is -2.23. The summed E-state index contributed by atoms with van der Waals surface area (Å²) in [5, 5.41) is 15.0. The van der Waals surface area contributed by atoms with E-state index in [9.17, 15) is 4.39 Å². The van der Waals surface area contributed by atoms with E-state index < -0.39 is 0 Å². The van der Waals surface area contributed by atoms with Crippen LogP contribution in [0, 0.1) is 11.2 Å². The van der Waals surface area contributed by atoms with E-state index in [4.69, 9.17) is 10.9 Å². The fraction of sp³-hybridized carbons (Fsp3) is 0.533. The van der Waals surface area contributed by atoms with Crippen molar-refractivity contribution in [2.24, 2.45) is 16.3 Å². The highest BCUT2D eigenvalue weighted by molar-refractivity contribution is 5.85. The lowest BCUT2D eigenvalue weighted by Crippen LogP contribution is -2.33. The predicted octanol–water partition coefficient (Wildman–Crippen LogP) is 3.03. The molecule has 0 heterocycles. The minimum absolute atomic E-state index is 0.0387. The Morgan fingerprint density at radius 2 is 2.10 bits per heavy atom. The minimum atomic E-state index is -0.336. The largest absolute Gasteiger partial charge is 0.409 e. The van der Waals surface area contributed by atoms with E-state index in [1.165, 1.54) is 6.07 Å². The zero-order chi connectivity index (χ0) is 15.2. The number of nitrogens with one attached hydrogen (secondary N) is 1. The number of oxime groups is 1. The van der Waals surface area contributed by atoms with Gasteiger partial charge in [-0.1, -0.05) is 37.2 Å². The van der Waals surface area contributed by atoms with Crippen LogP contribution in [-0.2, 0) is 0 Å². The Morgan fingerprint density at radius 3 is 2.70 bits per heavy atom. The number of rotatable bonds is 7. The van der Waals surface area contributed by atoms with Crippen molar-refractivity contribution in [2.75, 3.05) is 6.54 Å². The van der Waals surface area contributed by atoms with Crippen LogP contribution in [0.3, 0.4) is 0 Å². The maximum Gasteiger partial charge on any atom is 0.144 e. The molecular formula is C15H24FN3O. The first-order chi connectivity index (χ1) is 9.38. The molecule has 1 atom stereocenters. The molecule has 0 saturated heterocycles. The zero-order valence-corrected chi connectivity index (χ0v) is 12.4. The SMILES string of the molecule is CC(NCCCC(C)(C)C(N)=NO)c1ccccc1F. The van der Waals surface area contributed by atoms with Gasteiger partial charge in [0.05, 0.1) is 0 Å². The number of nitrogens with two attached hydrogens (primary N) is 1. The van der Waals surface area contributed by atoms with Gasteiger partial charge in [-0.15, -0.1) is 0 Å². The molecule has 1 rings (SSSR count). The van der Waals surface area contributed by atoms with Crippen molar-refractivity contribution in [3.05, 3.63) is 35.6 Å². The van der Waals surface area contributed by atoms with Crippen LogP contribution in [0.25, 0.3) is 0 Å². The van der Waals surface area contributed by atoms with Crippen LogP contribution in [0.2, 0.25) is 0 Å². The highest BCUT2D eigenvalue weighted by Crippen LogP contribution is 2.22. The Balaban J connectivity index is 2.40. The molecule has 0 bridgehead atoms. The van der Waals surface area contributed by atoms with Gasteiger partial charge >= 0.3 is 0 Å². The van der Waals surface area contributed by atoms with E-state index in [2.05, 4.69) is 10.5 Å². The molecule has 112 valence electrons. The summed E-state index contributed by atoms with van der Waals surface area (Å²) in [4.78, 5) is 0. The number of hydrogen-bond donors (Lipinski definition) is 3. The molecule has 1 aromatic rings. The van der Waals surface area contributed by atoms with E-state index >= 15 is 0 Å². The quantitative estimate of drug-likeness (QED) is 0.236. The van der Waals surface area contributed by atoms with Crippen LogP contribution in [0.1, 0.15) is 45.2 Å². The Kier molecular flexibility index (Phi) is 5.95. The summed E-state index contributed by atoms with van der Waals surface area (Å²) in [6, 6.07) is 6.73. The molecule has 0 saturated carbocycles. The Labute approximate surface area is 119 Å². The maximum atomic E-state index is 13.6. The summed E-state index contributed by atoms with van der Waals surface area (Å²) in [6.45, 7) is 6.55. The molecule has 0 aliphatic rings. The summed E-state index contributed by atoms with van der Waals surface area (Å²) in [5.74, 6) is 0.0455. The molecule has 1 aromatic carbocycles. The standard InChI is InChI=1S/C15H24FN3O/c1-11(12-7-4-5-8-13(12)16)18-10-6-9-15(2,3)14(17)19-20/h4-5,7-8,11,18,20H,6,9-10H2,1-3H3,(H2,17,19). The second kappa shape index (κ2) is 7.24. The van der Waals surface area contributed by atoms with Crippen molar-refractivity contribution >= 4 is 5.84 Å². The van der Waals surface area contributed by atoms with Crippen molar-refractivity contribution in [1.82, 2.24) is 5.32 Å². The summed E-state index contributed by atoms with van der Waals surface area (Å²) >= 11 is 0. The number of halogens is 1. The smallest absolute Gasteiger partial charge is 0.144 e. The van der Waals surface area contributed by atoms with E-state index in [0.29, 0.717) is 5.56 Å². The third kappa shape index (κ3) is 4.49. The average Bonchev–Trinajstić information content (AvgIpc) is 2.42. The van der Waals surface area contributed by atoms with Crippen LogP contribution < -0.4 is 11.1 Å². The third-order valence-corrected chi connectivity index (χ3v) is 3.60. The normalized spacial score (nSPS) is 14.3. The van der Waals surface area contributed by atoms with Crippen LogP contribution in [-0.4, -0.2) is 17.6 Å². The van der Waals surface area contributed by atoms with Crippen LogP contribution in [0.5, 0.6) is 0 Å². The van der Waals surface area contributed by atoms with Crippen molar-refractivity contribution in [1.29, 1.82) is 0 Å². The molecule has 1 unspecified atom stereocenters. The number of benzene rings is 1. The second-order valence-electron chi connectivity index (χ2n) is 5.67. The van der Waals surface area contributed by atoms with Crippen molar-refractivity contribution in [3.8, 4) is 0 Å². The first kappa shape index (κ1) is 16.4. The monoisotopic (exact) mass is 281 g/mol. The second-order valence-corrected chi connectivity index (χ2v) is 5.67. The van der Waals surface area contributed by atoms with Gasteiger partial charge in [0.15, 0.2) is 0 Å². The molecule has 4 nitrogen and oxygen atoms in total. The highest BCUT2D eigenvalue weighted by atomic mass is 19.1. The van der Waals surface area contributed by atoms with Crippen LogP contribution >= 0.6 is 0 Å². The molecule has 20 heavy (non-hydrogen) atoms. The van der Waals surface area contributed by atoms with Gasteiger partial charge in [-0.2, -0.15) is 0 Å². The molecular weight excluding hydrogens is 257 g/mol. The summed E-state index contributed by atoms with van der Waals surface area (Å²) in [7, 11) is 0. The highest BCUT2D eigenvalue weighted by Gasteiger charge is 2.22. The number of hydrogen-bond acceptors (Lipinski definition) is 3. The Bertz CT molecular complexity index is 460. The molecule has 0 amide bonds. The summed E-state index contributed by atoms with van der Waals surface area (Å²) in [6.07, 6.45) is 1.65. The zero-order valence-electron chi connectivity index (χ0n) is 12.4. The average molecular weight is 281 g/mol. The van der Waals surface area contributed by atoms with Crippen molar-refractivity contribution < 1.29 is 9.60 Å². The van der Waals surface area contributed by atoms with E-state index in [0.717, 1.165) is 19.4 Å². The summed E-state index contributed by atoms with van der Waals surface area (Å²) < 4.78 is 13.6. The van der Waals surface area contributed by atoms with Gasteiger partial charge in [0.2, 0.25) is 0 Å². The number of amidine groups is 1. The fourth-order valence-electron chi connectivity index (χ4n) is 2.05. The van der Waals surface area contributed by atoms with Gasteiger partial charge in [0.1, 0.15) is 11.7 Å².